The van der Waals surface area contributed by atoms with E-state index in [9.17, 15) is 27.6 Å². The fourth-order valence-corrected chi connectivity index (χ4v) is 2.07. The van der Waals surface area contributed by atoms with Gasteiger partial charge in [0.25, 0.3) is 5.91 Å². The highest BCUT2D eigenvalue weighted by molar-refractivity contribution is 5.95. The van der Waals surface area contributed by atoms with Crippen LogP contribution in [0.25, 0.3) is 0 Å². The highest BCUT2D eigenvalue weighted by Crippen LogP contribution is 2.19. The maximum absolute atomic E-state index is 13.4. The van der Waals surface area contributed by atoms with Crippen molar-refractivity contribution in [2.24, 2.45) is 0 Å². The van der Waals surface area contributed by atoms with Gasteiger partial charge in [0, 0.05) is 18.5 Å². The van der Waals surface area contributed by atoms with Crippen molar-refractivity contribution in [3.8, 4) is 0 Å². The number of hydrogen-bond donors (Lipinski definition) is 3. The Hall–Kier alpha value is -3.36. The number of amides is 3. The predicted molar refractivity (Wildman–Crippen MR) is 91.3 cm³/mol. The zero-order valence-electron chi connectivity index (χ0n) is 14.0. The summed E-state index contributed by atoms with van der Waals surface area (Å²) in [7, 11) is 0. The molecule has 27 heavy (non-hydrogen) atoms. The first-order valence-corrected chi connectivity index (χ1v) is 7.91. The largest absolute Gasteiger partial charge is 0.352 e. The monoisotopic (exact) mass is 379 g/mol. The van der Waals surface area contributed by atoms with Crippen LogP contribution in [0, 0.1) is 17.5 Å². The summed E-state index contributed by atoms with van der Waals surface area (Å²) >= 11 is 0. The van der Waals surface area contributed by atoms with Gasteiger partial charge in [0.2, 0.25) is 11.8 Å². The Morgan fingerprint density at radius 1 is 0.815 bits per heavy atom. The molecule has 2 aromatic rings. The molecule has 9 heteroatoms. The Balaban J connectivity index is 1.71. The van der Waals surface area contributed by atoms with E-state index in [-0.39, 0.29) is 18.9 Å². The minimum Gasteiger partial charge on any atom is -0.352 e. The first kappa shape index (κ1) is 20.0. The van der Waals surface area contributed by atoms with E-state index in [4.69, 9.17) is 0 Å². The summed E-state index contributed by atoms with van der Waals surface area (Å²) in [6, 6.07) is 9.95. The van der Waals surface area contributed by atoms with E-state index < -0.39 is 41.5 Å². The van der Waals surface area contributed by atoms with Gasteiger partial charge in [-0.3, -0.25) is 14.4 Å². The molecule has 0 spiro atoms. The molecule has 0 bridgehead atoms. The van der Waals surface area contributed by atoms with Crippen LogP contribution >= 0.6 is 0 Å². The van der Waals surface area contributed by atoms with Crippen molar-refractivity contribution >= 4 is 23.4 Å². The van der Waals surface area contributed by atoms with E-state index in [1.165, 1.54) is 0 Å². The van der Waals surface area contributed by atoms with Gasteiger partial charge >= 0.3 is 0 Å². The molecule has 3 N–H and O–H groups in total. The Morgan fingerprint density at radius 3 is 2.22 bits per heavy atom. The lowest BCUT2D eigenvalue weighted by atomic mass is 10.2. The third kappa shape index (κ3) is 5.84. The van der Waals surface area contributed by atoms with E-state index in [2.05, 4.69) is 10.6 Å². The molecule has 6 nitrogen and oxygen atoms in total. The lowest BCUT2D eigenvalue weighted by Crippen LogP contribution is -2.35. The van der Waals surface area contributed by atoms with Crippen molar-refractivity contribution in [2.75, 3.05) is 18.4 Å². The summed E-state index contributed by atoms with van der Waals surface area (Å²) in [5, 5.41) is 6.84. The Kier molecular flexibility index (Phi) is 6.93. The van der Waals surface area contributed by atoms with Crippen molar-refractivity contribution in [3.63, 3.8) is 0 Å². The fourth-order valence-electron chi connectivity index (χ4n) is 2.07. The Labute approximate surface area is 152 Å². The summed E-state index contributed by atoms with van der Waals surface area (Å²) in [5.41, 5.74) is -0.0888. The number of benzene rings is 2. The van der Waals surface area contributed by atoms with Crippen LogP contribution in [0.2, 0.25) is 0 Å². The minimum atomic E-state index is -1.70. The maximum atomic E-state index is 13.4. The molecule has 0 aromatic heterocycles. The van der Waals surface area contributed by atoms with Crippen LogP contribution in [0.3, 0.4) is 0 Å². The van der Waals surface area contributed by atoms with Gasteiger partial charge < -0.3 is 16.0 Å². The summed E-state index contributed by atoms with van der Waals surface area (Å²) in [6.45, 7) is -0.442. The van der Waals surface area contributed by atoms with Crippen LogP contribution in [0.1, 0.15) is 16.8 Å². The lowest BCUT2D eigenvalue weighted by Gasteiger charge is -2.09. The number of carbonyl (C=O) groups is 3. The molecule has 0 fully saturated rings. The highest BCUT2D eigenvalue weighted by atomic mass is 19.2. The summed E-state index contributed by atoms with van der Waals surface area (Å²) < 4.78 is 39.3. The Morgan fingerprint density at radius 2 is 1.52 bits per heavy atom. The molecule has 0 atom stereocenters. The van der Waals surface area contributed by atoms with Gasteiger partial charge in [0.1, 0.15) is 0 Å². The molecule has 0 heterocycles. The van der Waals surface area contributed by atoms with E-state index in [0.717, 1.165) is 6.07 Å². The molecular formula is C18H16F3N3O3. The van der Waals surface area contributed by atoms with Gasteiger partial charge in [0.05, 0.1) is 12.2 Å². The number of nitrogens with one attached hydrogen (secondary N) is 3. The molecule has 2 aromatic carbocycles. The standard InChI is InChI=1S/C18H16F3N3O3/c19-12-6-7-13(17(21)16(12)20)24-15(26)10-23-14(25)8-9-22-18(27)11-4-2-1-3-5-11/h1-7H,8-10H2,(H,22,27)(H,23,25)(H,24,26). The van der Waals surface area contributed by atoms with Crippen LogP contribution in [-0.2, 0) is 9.59 Å². The van der Waals surface area contributed by atoms with Gasteiger partial charge in [-0.25, -0.2) is 13.2 Å². The van der Waals surface area contributed by atoms with E-state index >= 15 is 0 Å². The second-order valence-electron chi connectivity index (χ2n) is 5.42. The average Bonchev–Trinajstić information content (AvgIpc) is 2.67. The topological polar surface area (TPSA) is 87.3 Å². The first-order chi connectivity index (χ1) is 12.9. The first-order valence-electron chi connectivity index (χ1n) is 7.91. The molecular weight excluding hydrogens is 363 g/mol. The van der Waals surface area contributed by atoms with Crippen molar-refractivity contribution in [1.82, 2.24) is 10.6 Å². The number of hydrogen-bond acceptors (Lipinski definition) is 3. The van der Waals surface area contributed by atoms with Gasteiger partial charge in [-0.15, -0.1) is 0 Å². The lowest BCUT2D eigenvalue weighted by molar-refractivity contribution is -0.124. The molecule has 0 unspecified atom stereocenters. The van der Waals surface area contributed by atoms with E-state index in [1.54, 1.807) is 30.3 Å². The smallest absolute Gasteiger partial charge is 0.251 e. The third-order valence-electron chi connectivity index (χ3n) is 3.43. The molecule has 0 saturated heterocycles. The normalized spacial score (nSPS) is 10.2. The second kappa shape index (κ2) is 9.37. The van der Waals surface area contributed by atoms with Crippen LogP contribution in [0.15, 0.2) is 42.5 Å². The Bertz CT molecular complexity index is 844. The van der Waals surface area contributed by atoms with E-state index in [1.807, 2.05) is 5.32 Å². The van der Waals surface area contributed by atoms with Crippen LogP contribution in [0.5, 0.6) is 0 Å². The molecule has 0 aliphatic rings. The quantitative estimate of drug-likeness (QED) is 0.643. The zero-order chi connectivity index (χ0) is 19.8. The molecule has 3 amide bonds. The maximum Gasteiger partial charge on any atom is 0.251 e. The summed E-state index contributed by atoms with van der Waals surface area (Å²) in [6.07, 6.45) is -0.0780. The third-order valence-corrected chi connectivity index (χ3v) is 3.43. The summed E-state index contributed by atoms with van der Waals surface area (Å²) in [5.74, 6) is -6.29. The number of rotatable bonds is 7. The SMILES string of the molecule is O=C(CCNC(=O)c1ccccc1)NCC(=O)Nc1ccc(F)c(F)c1F. The number of anilines is 1. The van der Waals surface area contributed by atoms with Crippen molar-refractivity contribution in [3.05, 3.63) is 65.5 Å². The molecule has 0 saturated carbocycles. The zero-order valence-corrected chi connectivity index (χ0v) is 14.0. The fraction of sp³-hybridized carbons (Fsp3) is 0.167. The summed E-state index contributed by atoms with van der Waals surface area (Å²) in [4.78, 5) is 35.1. The van der Waals surface area contributed by atoms with Crippen LogP contribution < -0.4 is 16.0 Å². The van der Waals surface area contributed by atoms with Crippen LogP contribution in [0.4, 0.5) is 18.9 Å². The van der Waals surface area contributed by atoms with Crippen molar-refractivity contribution < 1.29 is 27.6 Å². The molecule has 142 valence electrons. The second-order valence-corrected chi connectivity index (χ2v) is 5.42. The van der Waals surface area contributed by atoms with Gasteiger partial charge in [0.15, 0.2) is 17.5 Å². The van der Waals surface area contributed by atoms with Gasteiger partial charge in [-0.1, -0.05) is 18.2 Å². The number of halogens is 3. The van der Waals surface area contributed by atoms with Gasteiger partial charge in [-0.05, 0) is 24.3 Å². The number of carbonyl (C=O) groups excluding carboxylic acids is 3. The van der Waals surface area contributed by atoms with Crippen molar-refractivity contribution in [1.29, 1.82) is 0 Å². The molecule has 0 radical (unpaired) electrons. The average molecular weight is 379 g/mol. The van der Waals surface area contributed by atoms with Crippen LogP contribution in [-0.4, -0.2) is 30.8 Å². The highest BCUT2D eigenvalue weighted by Gasteiger charge is 2.15. The minimum absolute atomic E-state index is 0.0545. The van der Waals surface area contributed by atoms with Crippen molar-refractivity contribution in [2.45, 2.75) is 6.42 Å². The molecule has 0 aliphatic heterocycles. The van der Waals surface area contributed by atoms with Gasteiger partial charge in [-0.2, -0.15) is 0 Å². The predicted octanol–water partition coefficient (Wildman–Crippen LogP) is 1.98. The molecule has 2 rings (SSSR count). The van der Waals surface area contributed by atoms with E-state index in [0.29, 0.717) is 11.6 Å². The molecule has 0 aliphatic carbocycles.